The standard InChI is InChI=1S/C15H14ClFN2O3S2/c16-13-5-6-14(23-13)24(21,22)19-9-7-18(8-10-19)15(20)11-1-3-12(17)4-2-11/h1-6H,7-10H2. The average molecular weight is 389 g/mol. The van der Waals surface area contributed by atoms with E-state index in [1.54, 1.807) is 11.0 Å². The predicted molar refractivity (Wildman–Crippen MR) is 90.4 cm³/mol. The number of thiophene rings is 1. The summed E-state index contributed by atoms with van der Waals surface area (Å²) in [7, 11) is -3.58. The zero-order valence-electron chi connectivity index (χ0n) is 12.5. The number of sulfonamides is 1. The molecule has 0 atom stereocenters. The van der Waals surface area contributed by atoms with Gasteiger partial charge in [0.25, 0.3) is 15.9 Å². The van der Waals surface area contributed by atoms with Gasteiger partial charge in [0.1, 0.15) is 10.0 Å². The van der Waals surface area contributed by atoms with E-state index in [-0.39, 0.29) is 36.3 Å². The van der Waals surface area contributed by atoms with E-state index in [4.69, 9.17) is 11.6 Å². The SMILES string of the molecule is O=C(c1ccc(F)cc1)N1CCN(S(=O)(=O)c2ccc(Cl)s2)CC1. The van der Waals surface area contributed by atoms with Gasteiger partial charge in [-0.05, 0) is 36.4 Å². The van der Waals surface area contributed by atoms with Gasteiger partial charge in [-0.2, -0.15) is 4.31 Å². The maximum absolute atomic E-state index is 12.9. The van der Waals surface area contributed by atoms with Crippen LogP contribution >= 0.6 is 22.9 Å². The highest BCUT2D eigenvalue weighted by atomic mass is 35.5. The quantitative estimate of drug-likeness (QED) is 0.812. The van der Waals surface area contributed by atoms with Crippen LogP contribution in [-0.2, 0) is 10.0 Å². The van der Waals surface area contributed by atoms with Gasteiger partial charge in [-0.25, -0.2) is 12.8 Å². The van der Waals surface area contributed by atoms with Gasteiger partial charge in [-0.15, -0.1) is 11.3 Å². The zero-order chi connectivity index (χ0) is 17.3. The number of hydrogen-bond acceptors (Lipinski definition) is 4. The smallest absolute Gasteiger partial charge is 0.253 e. The van der Waals surface area contributed by atoms with Crippen LogP contribution in [0.1, 0.15) is 10.4 Å². The molecule has 1 saturated heterocycles. The Hall–Kier alpha value is -1.48. The van der Waals surface area contributed by atoms with E-state index in [0.717, 1.165) is 11.3 Å². The first-order chi connectivity index (χ1) is 11.4. The number of carbonyl (C=O) groups excluding carboxylic acids is 1. The molecule has 1 aliphatic heterocycles. The van der Waals surface area contributed by atoms with E-state index in [1.165, 1.54) is 34.6 Å². The molecule has 0 spiro atoms. The minimum atomic E-state index is -3.58. The average Bonchev–Trinajstić information content (AvgIpc) is 3.02. The van der Waals surface area contributed by atoms with Crippen molar-refractivity contribution < 1.29 is 17.6 Å². The molecule has 0 radical (unpaired) electrons. The van der Waals surface area contributed by atoms with Gasteiger partial charge in [0.2, 0.25) is 0 Å². The second-order valence-corrected chi connectivity index (χ2v) is 9.14. The van der Waals surface area contributed by atoms with Crippen molar-refractivity contribution in [2.45, 2.75) is 4.21 Å². The minimum Gasteiger partial charge on any atom is -0.336 e. The Morgan fingerprint density at radius 3 is 2.21 bits per heavy atom. The number of benzene rings is 1. The number of rotatable bonds is 3. The lowest BCUT2D eigenvalue weighted by Gasteiger charge is -2.33. The molecule has 1 aromatic heterocycles. The minimum absolute atomic E-state index is 0.200. The van der Waals surface area contributed by atoms with Crippen molar-refractivity contribution in [1.29, 1.82) is 0 Å². The molecular weight excluding hydrogens is 375 g/mol. The summed E-state index contributed by atoms with van der Waals surface area (Å²) in [6, 6.07) is 8.34. The largest absolute Gasteiger partial charge is 0.336 e. The van der Waals surface area contributed by atoms with Crippen molar-refractivity contribution in [1.82, 2.24) is 9.21 Å². The molecule has 9 heteroatoms. The van der Waals surface area contributed by atoms with Crippen LogP contribution in [0, 0.1) is 5.82 Å². The van der Waals surface area contributed by atoms with Crippen LogP contribution in [0.25, 0.3) is 0 Å². The molecule has 0 saturated carbocycles. The lowest BCUT2D eigenvalue weighted by Crippen LogP contribution is -2.50. The maximum atomic E-state index is 12.9. The first-order valence-electron chi connectivity index (χ1n) is 7.18. The molecule has 3 rings (SSSR count). The van der Waals surface area contributed by atoms with Gasteiger partial charge in [0, 0.05) is 31.7 Å². The summed E-state index contributed by atoms with van der Waals surface area (Å²) in [5.41, 5.74) is 0.387. The summed E-state index contributed by atoms with van der Waals surface area (Å²) in [6.07, 6.45) is 0. The monoisotopic (exact) mass is 388 g/mol. The van der Waals surface area contributed by atoms with E-state index < -0.39 is 15.8 Å². The van der Waals surface area contributed by atoms with Gasteiger partial charge in [0.15, 0.2) is 0 Å². The van der Waals surface area contributed by atoms with Gasteiger partial charge < -0.3 is 4.90 Å². The summed E-state index contributed by atoms with van der Waals surface area (Å²) in [5, 5.41) is 0. The van der Waals surface area contributed by atoms with Gasteiger partial charge in [0.05, 0.1) is 4.34 Å². The third kappa shape index (κ3) is 3.46. The molecule has 0 aliphatic carbocycles. The molecule has 1 aliphatic rings. The lowest BCUT2D eigenvalue weighted by molar-refractivity contribution is 0.0698. The third-order valence-corrected chi connectivity index (χ3v) is 7.36. The van der Waals surface area contributed by atoms with Crippen LogP contribution in [-0.4, -0.2) is 49.7 Å². The Balaban J connectivity index is 1.67. The Morgan fingerprint density at radius 1 is 1.04 bits per heavy atom. The molecular formula is C15H14ClFN2O3S2. The fourth-order valence-corrected chi connectivity index (χ4v) is 5.53. The van der Waals surface area contributed by atoms with Crippen molar-refractivity contribution in [3.8, 4) is 0 Å². The molecule has 1 aromatic carbocycles. The molecule has 1 amide bonds. The first kappa shape index (κ1) is 17.3. The normalized spacial score (nSPS) is 16.3. The van der Waals surface area contributed by atoms with Gasteiger partial charge in [-0.3, -0.25) is 4.79 Å². The van der Waals surface area contributed by atoms with Crippen molar-refractivity contribution >= 4 is 38.9 Å². The topological polar surface area (TPSA) is 57.7 Å². The summed E-state index contributed by atoms with van der Waals surface area (Å²) in [5.74, 6) is -0.636. The predicted octanol–water partition coefficient (Wildman–Crippen LogP) is 2.69. The van der Waals surface area contributed by atoms with E-state index in [0.29, 0.717) is 9.90 Å². The Morgan fingerprint density at radius 2 is 1.67 bits per heavy atom. The highest BCUT2D eigenvalue weighted by Gasteiger charge is 2.31. The molecule has 2 heterocycles. The van der Waals surface area contributed by atoms with Crippen molar-refractivity contribution in [2.75, 3.05) is 26.2 Å². The van der Waals surface area contributed by atoms with Crippen LogP contribution in [0.3, 0.4) is 0 Å². The van der Waals surface area contributed by atoms with Crippen LogP contribution < -0.4 is 0 Å². The second-order valence-electron chi connectivity index (χ2n) is 5.26. The third-order valence-electron chi connectivity index (χ3n) is 3.76. The Labute approximate surface area is 148 Å². The fraction of sp³-hybridized carbons (Fsp3) is 0.267. The van der Waals surface area contributed by atoms with Crippen molar-refractivity contribution in [3.05, 3.63) is 52.1 Å². The highest BCUT2D eigenvalue weighted by molar-refractivity contribution is 7.91. The Bertz CT molecular complexity index is 844. The second kappa shape index (κ2) is 6.79. The molecule has 5 nitrogen and oxygen atoms in total. The molecule has 24 heavy (non-hydrogen) atoms. The fourth-order valence-electron chi connectivity index (χ4n) is 2.47. The zero-order valence-corrected chi connectivity index (χ0v) is 14.9. The van der Waals surface area contributed by atoms with E-state index in [9.17, 15) is 17.6 Å². The van der Waals surface area contributed by atoms with Crippen LogP contribution in [0.2, 0.25) is 4.34 Å². The number of amides is 1. The van der Waals surface area contributed by atoms with Crippen LogP contribution in [0.4, 0.5) is 4.39 Å². The number of piperazine rings is 1. The van der Waals surface area contributed by atoms with E-state index >= 15 is 0 Å². The molecule has 2 aromatic rings. The number of carbonyl (C=O) groups is 1. The van der Waals surface area contributed by atoms with Crippen molar-refractivity contribution in [2.24, 2.45) is 0 Å². The highest BCUT2D eigenvalue weighted by Crippen LogP contribution is 2.28. The molecule has 0 bridgehead atoms. The maximum Gasteiger partial charge on any atom is 0.253 e. The van der Waals surface area contributed by atoms with Crippen LogP contribution in [0.15, 0.2) is 40.6 Å². The number of halogens is 2. The summed E-state index contributed by atoms with van der Waals surface area (Å²) in [6.45, 7) is 0.999. The number of hydrogen-bond donors (Lipinski definition) is 0. The molecule has 0 unspecified atom stereocenters. The number of nitrogens with zero attached hydrogens (tertiary/aromatic N) is 2. The van der Waals surface area contributed by atoms with Gasteiger partial charge >= 0.3 is 0 Å². The Kier molecular flexibility index (Phi) is 4.91. The first-order valence-corrected chi connectivity index (χ1v) is 9.82. The summed E-state index contributed by atoms with van der Waals surface area (Å²) >= 11 is 6.82. The summed E-state index contributed by atoms with van der Waals surface area (Å²) in [4.78, 5) is 13.9. The molecule has 0 N–H and O–H groups in total. The van der Waals surface area contributed by atoms with Crippen LogP contribution in [0.5, 0.6) is 0 Å². The van der Waals surface area contributed by atoms with Gasteiger partial charge in [-0.1, -0.05) is 11.6 Å². The lowest BCUT2D eigenvalue weighted by atomic mass is 10.2. The molecule has 1 fully saturated rings. The van der Waals surface area contributed by atoms with E-state index in [2.05, 4.69) is 0 Å². The summed E-state index contributed by atoms with van der Waals surface area (Å²) < 4.78 is 39.9. The molecule has 128 valence electrons. The van der Waals surface area contributed by atoms with Crippen molar-refractivity contribution in [3.63, 3.8) is 0 Å². The van der Waals surface area contributed by atoms with E-state index in [1.807, 2.05) is 0 Å².